The second-order valence-corrected chi connectivity index (χ2v) is 3.38. The topological polar surface area (TPSA) is 34.1 Å². The molecule has 2 heteroatoms. The van der Waals surface area contributed by atoms with Crippen LogP contribution in [0.4, 0.5) is 0 Å². The molecule has 78 valence electrons. The van der Waals surface area contributed by atoms with Crippen LogP contribution in [0, 0.1) is 11.8 Å². The molecular weight excluding hydrogens is 176 g/mol. The summed E-state index contributed by atoms with van der Waals surface area (Å²) in [7, 11) is 0. The molecule has 0 spiro atoms. The van der Waals surface area contributed by atoms with Gasteiger partial charge in [-0.25, -0.2) is 0 Å². The molecule has 0 amide bonds. The lowest BCUT2D eigenvalue weighted by Crippen LogP contribution is -2.23. The summed E-state index contributed by atoms with van der Waals surface area (Å²) in [6, 6.07) is 0. The second kappa shape index (κ2) is 6.30. The van der Waals surface area contributed by atoms with Gasteiger partial charge < -0.3 is 0 Å². The lowest BCUT2D eigenvalue weighted by atomic mass is 9.88. The van der Waals surface area contributed by atoms with Gasteiger partial charge in [0.2, 0.25) is 0 Å². The average Bonchev–Trinajstić information content (AvgIpc) is 2.16. The van der Waals surface area contributed by atoms with Crippen LogP contribution in [-0.4, -0.2) is 11.6 Å². The van der Waals surface area contributed by atoms with Gasteiger partial charge in [0.05, 0.1) is 0 Å². The molecule has 0 rings (SSSR count). The molecule has 0 fully saturated rings. The predicted molar refractivity (Wildman–Crippen MR) is 58.0 cm³/mol. The molecule has 2 atom stereocenters. The first-order chi connectivity index (χ1) is 6.54. The molecule has 14 heavy (non-hydrogen) atoms. The maximum absolute atomic E-state index is 11.4. The Morgan fingerprint density at radius 2 is 1.14 bits per heavy atom. The van der Waals surface area contributed by atoms with Crippen LogP contribution in [0.2, 0.25) is 0 Å². The van der Waals surface area contributed by atoms with Gasteiger partial charge in [-0.2, -0.15) is 0 Å². The summed E-state index contributed by atoms with van der Waals surface area (Å²) in [4.78, 5) is 22.9. The highest BCUT2D eigenvalue weighted by Gasteiger charge is 2.22. The maximum atomic E-state index is 11.4. The number of allylic oxidation sites excluding steroid dienone is 4. The number of hydrogen-bond donors (Lipinski definition) is 0. The maximum Gasteiger partial charge on any atom is 0.158 e. The molecule has 0 saturated heterocycles. The van der Waals surface area contributed by atoms with E-state index < -0.39 is 0 Å². The zero-order chi connectivity index (χ0) is 11.1. The quantitative estimate of drug-likeness (QED) is 0.630. The van der Waals surface area contributed by atoms with Crippen molar-refractivity contribution in [3.05, 3.63) is 24.3 Å². The van der Waals surface area contributed by atoms with E-state index in [1.54, 1.807) is 39.8 Å². The van der Waals surface area contributed by atoms with Crippen LogP contribution in [0.15, 0.2) is 24.3 Å². The van der Waals surface area contributed by atoms with E-state index in [0.717, 1.165) is 0 Å². The van der Waals surface area contributed by atoms with E-state index >= 15 is 0 Å². The Bertz CT molecular complexity index is 233. The van der Waals surface area contributed by atoms with Crippen molar-refractivity contribution < 1.29 is 9.59 Å². The largest absolute Gasteiger partial charge is 0.295 e. The molecule has 0 aliphatic carbocycles. The number of carbonyl (C=O) groups is 2. The van der Waals surface area contributed by atoms with Crippen LogP contribution in [0.3, 0.4) is 0 Å². The zero-order valence-corrected chi connectivity index (χ0v) is 9.28. The molecule has 0 bridgehead atoms. The van der Waals surface area contributed by atoms with E-state index in [4.69, 9.17) is 0 Å². The number of ketones is 2. The van der Waals surface area contributed by atoms with E-state index in [0.29, 0.717) is 0 Å². The Balaban J connectivity index is 4.45. The first-order valence-electron chi connectivity index (χ1n) is 4.87. The zero-order valence-electron chi connectivity index (χ0n) is 9.28. The molecule has 0 aliphatic rings. The summed E-state index contributed by atoms with van der Waals surface area (Å²) in [6.07, 6.45) is 6.44. The Labute approximate surface area is 85.7 Å². The van der Waals surface area contributed by atoms with E-state index in [1.807, 2.05) is 0 Å². The first-order valence-corrected chi connectivity index (χ1v) is 4.87. The smallest absolute Gasteiger partial charge is 0.158 e. The highest BCUT2D eigenvalue weighted by atomic mass is 16.1. The molecule has 0 aliphatic heterocycles. The molecule has 2 unspecified atom stereocenters. The standard InChI is InChI=1S/C12H18O2/c1-5-7-11(13)9(3)10(4)12(14)8-6-2/h5-10H,1-4H3/b7-5+,8-6+. The molecule has 0 N–H and O–H groups in total. The Morgan fingerprint density at radius 1 is 0.857 bits per heavy atom. The van der Waals surface area contributed by atoms with Crippen molar-refractivity contribution in [1.29, 1.82) is 0 Å². The van der Waals surface area contributed by atoms with Gasteiger partial charge in [0.1, 0.15) is 0 Å². The van der Waals surface area contributed by atoms with E-state index in [-0.39, 0.29) is 23.4 Å². The van der Waals surface area contributed by atoms with Crippen LogP contribution in [0.1, 0.15) is 27.7 Å². The van der Waals surface area contributed by atoms with Crippen LogP contribution in [0.25, 0.3) is 0 Å². The predicted octanol–water partition coefficient (Wildman–Crippen LogP) is 2.55. The molecule has 2 nitrogen and oxygen atoms in total. The van der Waals surface area contributed by atoms with Crippen LogP contribution in [0.5, 0.6) is 0 Å². The van der Waals surface area contributed by atoms with Crippen LogP contribution >= 0.6 is 0 Å². The minimum absolute atomic E-state index is 0.0119. The van der Waals surface area contributed by atoms with Gasteiger partial charge in [0.25, 0.3) is 0 Å². The summed E-state index contributed by atoms with van der Waals surface area (Å²) in [6.45, 7) is 7.16. The third-order valence-corrected chi connectivity index (χ3v) is 2.31. The summed E-state index contributed by atoms with van der Waals surface area (Å²) in [5, 5.41) is 0. The number of carbonyl (C=O) groups excluding carboxylic acids is 2. The van der Waals surface area contributed by atoms with Gasteiger partial charge >= 0.3 is 0 Å². The third kappa shape index (κ3) is 3.69. The lowest BCUT2D eigenvalue weighted by molar-refractivity contribution is -0.126. The first kappa shape index (κ1) is 12.8. The summed E-state index contributed by atoms with van der Waals surface area (Å²) >= 11 is 0. The number of hydrogen-bond acceptors (Lipinski definition) is 2. The lowest BCUT2D eigenvalue weighted by Gasteiger charge is -2.13. The molecule has 0 aromatic heterocycles. The third-order valence-electron chi connectivity index (χ3n) is 2.31. The van der Waals surface area contributed by atoms with Crippen molar-refractivity contribution in [2.24, 2.45) is 11.8 Å². The molecule has 0 radical (unpaired) electrons. The van der Waals surface area contributed by atoms with E-state index in [1.165, 1.54) is 12.2 Å². The summed E-state index contributed by atoms with van der Waals surface area (Å²) < 4.78 is 0. The van der Waals surface area contributed by atoms with Crippen molar-refractivity contribution in [3.63, 3.8) is 0 Å². The van der Waals surface area contributed by atoms with Crippen LogP contribution < -0.4 is 0 Å². The highest BCUT2D eigenvalue weighted by Crippen LogP contribution is 2.14. The van der Waals surface area contributed by atoms with Gasteiger partial charge in [-0.1, -0.05) is 26.0 Å². The fourth-order valence-electron chi connectivity index (χ4n) is 1.12. The van der Waals surface area contributed by atoms with Crippen molar-refractivity contribution in [3.8, 4) is 0 Å². The van der Waals surface area contributed by atoms with Gasteiger partial charge in [0, 0.05) is 11.8 Å². The van der Waals surface area contributed by atoms with Crippen LogP contribution in [-0.2, 0) is 9.59 Å². The van der Waals surface area contributed by atoms with Crippen molar-refractivity contribution >= 4 is 11.6 Å². The summed E-state index contributed by atoms with van der Waals surface area (Å²) in [5.41, 5.74) is 0. The Kier molecular flexibility index (Phi) is 5.77. The normalized spacial score (nSPS) is 16.0. The fourth-order valence-corrected chi connectivity index (χ4v) is 1.12. The minimum Gasteiger partial charge on any atom is -0.295 e. The molecule has 0 aromatic rings. The van der Waals surface area contributed by atoms with Crippen molar-refractivity contribution in [1.82, 2.24) is 0 Å². The van der Waals surface area contributed by atoms with Crippen molar-refractivity contribution in [2.75, 3.05) is 0 Å². The molecule has 0 aromatic carbocycles. The van der Waals surface area contributed by atoms with Gasteiger partial charge in [0.15, 0.2) is 11.6 Å². The average molecular weight is 194 g/mol. The van der Waals surface area contributed by atoms with Gasteiger partial charge in [-0.05, 0) is 26.0 Å². The Morgan fingerprint density at radius 3 is 1.36 bits per heavy atom. The molecular formula is C12H18O2. The minimum atomic E-state index is -0.241. The Hall–Kier alpha value is -1.18. The highest BCUT2D eigenvalue weighted by molar-refractivity contribution is 5.98. The number of rotatable bonds is 5. The van der Waals surface area contributed by atoms with Crippen molar-refractivity contribution in [2.45, 2.75) is 27.7 Å². The summed E-state index contributed by atoms with van der Waals surface area (Å²) in [5.74, 6) is -0.458. The van der Waals surface area contributed by atoms with Gasteiger partial charge in [-0.3, -0.25) is 9.59 Å². The SMILES string of the molecule is C/C=C/C(=O)C(C)C(C)C(=O)/C=C/C. The molecule has 0 heterocycles. The monoisotopic (exact) mass is 194 g/mol. The second-order valence-electron chi connectivity index (χ2n) is 3.38. The molecule has 0 saturated carbocycles. The van der Waals surface area contributed by atoms with E-state index in [9.17, 15) is 9.59 Å². The fraction of sp³-hybridized carbons (Fsp3) is 0.500. The van der Waals surface area contributed by atoms with E-state index in [2.05, 4.69) is 0 Å². The van der Waals surface area contributed by atoms with Gasteiger partial charge in [-0.15, -0.1) is 0 Å².